The second kappa shape index (κ2) is 4.98. The Morgan fingerprint density at radius 1 is 1.47 bits per heavy atom. The number of carbonyl (C=O) groups excluding carboxylic acids is 1. The summed E-state index contributed by atoms with van der Waals surface area (Å²) in [5.74, 6) is 0.134. The fourth-order valence-electron chi connectivity index (χ4n) is 2.21. The summed E-state index contributed by atoms with van der Waals surface area (Å²) >= 11 is 7.01. The summed E-state index contributed by atoms with van der Waals surface area (Å²) in [5.41, 5.74) is 1.86. The summed E-state index contributed by atoms with van der Waals surface area (Å²) in [7, 11) is 0. The third-order valence-electron chi connectivity index (χ3n) is 3.20. The maximum Gasteiger partial charge on any atom is 0.231 e. The van der Waals surface area contributed by atoms with Crippen LogP contribution in [-0.4, -0.2) is 21.2 Å². The SMILES string of the molecule is CC1=C(C(=S)OCc2ccccc2)N2C(=O)C[C@H]2S1. The molecule has 1 atom stereocenters. The molecule has 1 amide bonds. The van der Waals surface area contributed by atoms with Gasteiger partial charge in [0.15, 0.2) is 0 Å². The van der Waals surface area contributed by atoms with Gasteiger partial charge < -0.3 is 4.74 Å². The zero-order valence-corrected chi connectivity index (χ0v) is 12.1. The fraction of sp³-hybridized carbons (Fsp3) is 0.286. The van der Waals surface area contributed by atoms with E-state index in [1.165, 1.54) is 0 Å². The van der Waals surface area contributed by atoms with Crippen LogP contribution >= 0.6 is 24.0 Å². The third kappa shape index (κ3) is 2.28. The average molecular weight is 291 g/mol. The number of amides is 1. The highest BCUT2D eigenvalue weighted by molar-refractivity contribution is 8.04. The molecule has 0 aromatic heterocycles. The monoisotopic (exact) mass is 291 g/mol. The Morgan fingerprint density at radius 2 is 2.21 bits per heavy atom. The quantitative estimate of drug-likeness (QED) is 0.632. The summed E-state index contributed by atoms with van der Waals surface area (Å²) < 4.78 is 5.65. The van der Waals surface area contributed by atoms with Crippen LogP contribution in [0.15, 0.2) is 40.9 Å². The lowest BCUT2D eigenvalue weighted by Crippen LogP contribution is -2.48. The van der Waals surface area contributed by atoms with Crippen molar-refractivity contribution in [1.82, 2.24) is 4.90 Å². The van der Waals surface area contributed by atoms with Gasteiger partial charge in [-0.05, 0) is 24.7 Å². The van der Waals surface area contributed by atoms with Crippen LogP contribution in [0.3, 0.4) is 0 Å². The van der Waals surface area contributed by atoms with Gasteiger partial charge in [-0.25, -0.2) is 0 Å². The van der Waals surface area contributed by atoms with Crippen LogP contribution in [0.1, 0.15) is 18.9 Å². The number of thiocarbonyl (C=S) groups is 1. The van der Waals surface area contributed by atoms with Gasteiger partial charge >= 0.3 is 0 Å². The Morgan fingerprint density at radius 3 is 2.89 bits per heavy atom. The molecule has 19 heavy (non-hydrogen) atoms. The first-order valence-electron chi connectivity index (χ1n) is 6.07. The predicted octanol–water partition coefficient (Wildman–Crippen LogP) is 3.07. The largest absolute Gasteiger partial charge is 0.477 e. The zero-order valence-electron chi connectivity index (χ0n) is 10.5. The molecule has 3 nitrogen and oxygen atoms in total. The van der Waals surface area contributed by atoms with Crippen molar-refractivity contribution < 1.29 is 9.53 Å². The fourth-order valence-corrected chi connectivity index (χ4v) is 3.85. The first-order valence-corrected chi connectivity index (χ1v) is 7.36. The number of thioether (sulfide) groups is 1. The van der Waals surface area contributed by atoms with Gasteiger partial charge in [-0.15, -0.1) is 11.8 Å². The molecule has 0 radical (unpaired) electrons. The maximum absolute atomic E-state index is 11.6. The highest BCUT2D eigenvalue weighted by Crippen LogP contribution is 2.46. The summed E-state index contributed by atoms with van der Waals surface area (Å²) in [5, 5.41) is 0.658. The maximum atomic E-state index is 11.6. The van der Waals surface area contributed by atoms with Crippen LogP contribution in [0.2, 0.25) is 0 Å². The highest BCUT2D eigenvalue weighted by atomic mass is 32.2. The standard InChI is InChI=1S/C14H13NO2S2/c1-9-13(15-11(16)7-12(15)19-9)14(18)17-8-10-5-3-2-4-6-10/h2-6,12H,7-8H2,1H3/t12-/m1/s1. The number of hydrogen-bond acceptors (Lipinski definition) is 4. The first-order chi connectivity index (χ1) is 9.16. The van der Waals surface area contributed by atoms with Gasteiger partial charge in [0.2, 0.25) is 11.0 Å². The number of β-lactam (4-membered cyclic amide) rings is 1. The van der Waals surface area contributed by atoms with Crippen molar-refractivity contribution in [2.45, 2.75) is 25.3 Å². The van der Waals surface area contributed by atoms with Crippen molar-refractivity contribution in [2.75, 3.05) is 0 Å². The lowest BCUT2D eigenvalue weighted by Gasteiger charge is -2.35. The smallest absolute Gasteiger partial charge is 0.231 e. The predicted molar refractivity (Wildman–Crippen MR) is 79.4 cm³/mol. The number of hydrogen-bond donors (Lipinski definition) is 0. The molecule has 2 aliphatic heterocycles. The van der Waals surface area contributed by atoms with Crippen molar-refractivity contribution in [2.24, 2.45) is 0 Å². The molecule has 0 saturated carbocycles. The van der Waals surface area contributed by atoms with E-state index in [0.717, 1.165) is 16.2 Å². The number of nitrogens with zero attached hydrogens (tertiary/aromatic N) is 1. The molecule has 0 aliphatic carbocycles. The van der Waals surface area contributed by atoms with Gasteiger partial charge in [0.25, 0.3) is 0 Å². The third-order valence-corrected chi connectivity index (χ3v) is 4.71. The van der Waals surface area contributed by atoms with E-state index in [9.17, 15) is 4.79 Å². The van der Waals surface area contributed by atoms with Gasteiger partial charge in [0.1, 0.15) is 12.3 Å². The Bertz CT molecular complexity index is 568. The summed E-state index contributed by atoms with van der Waals surface area (Å²) in [4.78, 5) is 14.4. The summed E-state index contributed by atoms with van der Waals surface area (Å²) in [6.07, 6.45) is 0.604. The number of fused-ring (bicyclic) bond motifs is 1. The Kier molecular flexibility index (Phi) is 3.33. The van der Waals surface area contributed by atoms with E-state index in [1.54, 1.807) is 16.7 Å². The van der Waals surface area contributed by atoms with E-state index in [0.29, 0.717) is 18.1 Å². The average Bonchev–Trinajstić information content (AvgIpc) is 2.68. The van der Waals surface area contributed by atoms with Crippen molar-refractivity contribution in [1.29, 1.82) is 0 Å². The molecule has 1 saturated heterocycles. The molecule has 0 unspecified atom stereocenters. The second-order valence-corrected chi connectivity index (χ2v) is 6.27. The van der Waals surface area contributed by atoms with Gasteiger partial charge in [-0.1, -0.05) is 30.3 Å². The molecule has 5 heteroatoms. The van der Waals surface area contributed by atoms with E-state index >= 15 is 0 Å². The number of benzene rings is 1. The molecule has 1 aromatic carbocycles. The lowest BCUT2D eigenvalue weighted by molar-refractivity contribution is -0.137. The van der Waals surface area contributed by atoms with Crippen molar-refractivity contribution >= 4 is 34.9 Å². The molecular formula is C14H13NO2S2. The van der Waals surface area contributed by atoms with Crippen molar-refractivity contribution in [3.05, 3.63) is 46.5 Å². The van der Waals surface area contributed by atoms with Crippen LogP contribution in [0.25, 0.3) is 0 Å². The van der Waals surface area contributed by atoms with Crippen LogP contribution in [-0.2, 0) is 16.1 Å². The van der Waals surface area contributed by atoms with Gasteiger partial charge in [-0.2, -0.15) is 0 Å². The topological polar surface area (TPSA) is 29.5 Å². The minimum Gasteiger partial charge on any atom is -0.477 e. The molecule has 0 spiro atoms. The minimum atomic E-state index is 0.134. The van der Waals surface area contributed by atoms with Gasteiger partial charge in [0, 0.05) is 4.91 Å². The van der Waals surface area contributed by atoms with E-state index in [2.05, 4.69) is 0 Å². The van der Waals surface area contributed by atoms with E-state index < -0.39 is 0 Å². The molecule has 1 fully saturated rings. The molecule has 0 N–H and O–H groups in total. The van der Waals surface area contributed by atoms with Crippen molar-refractivity contribution in [3.8, 4) is 0 Å². The first kappa shape index (κ1) is 12.7. The van der Waals surface area contributed by atoms with Crippen LogP contribution < -0.4 is 0 Å². The normalized spacial score (nSPS) is 21.2. The lowest BCUT2D eigenvalue weighted by atomic mass is 10.1. The molecule has 98 valence electrons. The van der Waals surface area contributed by atoms with Crippen LogP contribution in [0.5, 0.6) is 0 Å². The van der Waals surface area contributed by atoms with E-state index in [-0.39, 0.29) is 11.3 Å². The Balaban J connectivity index is 1.68. The Hall–Kier alpha value is -1.33. The number of rotatable bonds is 3. The van der Waals surface area contributed by atoms with Gasteiger partial charge in [-0.3, -0.25) is 9.69 Å². The number of carbonyl (C=O) groups is 1. The summed E-state index contributed by atoms with van der Waals surface area (Å²) in [6.45, 7) is 2.43. The van der Waals surface area contributed by atoms with E-state index in [1.807, 2.05) is 37.3 Å². The van der Waals surface area contributed by atoms with Gasteiger partial charge in [0.05, 0.1) is 11.8 Å². The highest BCUT2D eigenvalue weighted by Gasteiger charge is 2.46. The van der Waals surface area contributed by atoms with Crippen LogP contribution in [0, 0.1) is 0 Å². The van der Waals surface area contributed by atoms with E-state index in [4.69, 9.17) is 17.0 Å². The number of allylic oxidation sites excluding steroid dienone is 1. The number of ether oxygens (including phenoxy) is 1. The molecule has 2 heterocycles. The zero-order chi connectivity index (χ0) is 13.4. The van der Waals surface area contributed by atoms with Crippen LogP contribution in [0.4, 0.5) is 0 Å². The molecule has 0 bridgehead atoms. The minimum absolute atomic E-state index is 0.134. The molecule has 2 aliphatic rings. The Labute approximate surface area is 121 Å². The second-order valence-electron chi connectivity index (χ2n) is 4.51. The molecular weight excluding hydrogens is 278 g/mol. The molecule has 1 aromatic rings. The summed E-state index contributed by atoms with van der Waals surface area (Å²) in [6, 6.07) is 9.88. The van der Waals surface area contributed by atoms with Crippen molar-refractivity contribution in [3.63, 3.8) is 0 Å². The molecule has 3 rings (SSSR count).